The Balaban J connectivity index is 2.73. The molecule has 19 heavy (non-hydrogen) atoms. The fourth-order valence-electron chi connectivity index (χ4n) is 1.45. The van der Waals surface area contributed by atoms with Crippen molar-refractivity contribution in [2.24, 2.45) is 5.92 Å². The molecule has 1 aromatic carbocycles. The molecular weight excluding hydrogens is 268 g/mol. The Morgan fingerprint density at radius 2 is 1.95 bits per heavy atom. The highest BCUT2D eigenvalue weighted by Crippen LogP contribution is 2.18. The summed E-state index contributed by atoms with van der Waals surface area (Å²) in [6.45, 7) is 1.34. The molecule has 0 aliphatic carbocycles. The van der Waals surface area contributed by atoms with Gasteiger partial charge in [-0.1, -0.05) is 12.1 Å². The van der Waals surface area contributed by atoms with Gasteiger partial charge in [-0.15, -0.1) is 0 Å². The lowest BCUT2D eigenvalue weighted by atomic mass is 10.1. The highest BCUT2D eigenvalue weighted by atomic mass is 32.1. The number of ketones is 1. The van der Waals surface area contributed by atoms with Crippen molar-refractivity contribution in [2.45, 2.75) is 13.3 Å². The molecule has 0 aliphatic rings. The molecule has 5 nitrogen and oxygen atoms in total. The molecule has 0 saturated heterocycles. The summed E-state index contributed by atoms with van der Waals surface area (Å²) in [5.74, 6) is -2.89. The van der Waals surface area contributed by atoms with Crippen LogP contribution in [0.3, 0.4) is 0 Å². The SMILES string of the molecule is CC(=O)CC(CS)C(=O)OC(=O)c1ccccc1O. The van der Waals surface area contributed by atoms with E-state index in [9.17, 15) is 19.5 Å². The molecule has 0 aliphatic heterocycles. The number of hydrogen-bond donors (Lipinski definition) is 2. The highest BCUT2D eigenvalue weighted by Gasteiger charge is 2.24. The van der Waals surface area contributed by atoms with Crippen LogP contribution in [0.15, 0.2) is 24.3 Å². The van der Waals surface area contributed by atoms with Crippen molar-refractivity contribution >= 4 is 30.4 Å². The van der Waals surface area contributed by atoms with E-state index < -0.39 is 17.9 Å². The lowest BCUT2D eigenvalue weighted by Crippen LogP contribution is -2.24. The topological polar surface area (TPSA) is 80.7 Å². The van der Waals surface area contributed by atoms with Crippen LogP contribution < -0.4 is 0 Å². The number of benzene rings is 1. The number of phenols is 1. The zero-order valence-electron chi connectivity index (χ0n) is 10.3. The second kappa shape index (κ2) is 6.94. The summed E-state index contributed by atoms with van der Waals surface area (Å²) in [5.41, 5.74) is -0.100. The number of esters is 2. The third-order valence-corrected chi connectivity index (χ3v) is 2.85. The predicted octanol–water partition coefficient (Wildman–Crippen LogP) is 1.60. The summed E-state index contributed by atoms with van der Waals surface area (Å²) in [6.07, 6.45) is -0.0314. The number of rotatable bonds is 5. The van der Waals surface area contributed by atoms with Gasteiger partial charge < -0.3 is 14.6 Å². The summed E-state index contributed by atoms with van der Waals surface area (Å²) in [7, 11) is 0. The van der Waals surface area contributed by atoms with Gasteiger partial charge in [0.1, 0.15) is 17.1 Å². The summed E-state index contributed by atoms with van der Waals surface area (Å²) in [4.78, 5) is 34.3. The van der Waals surface area contributed by atoms with E-state index in [4.69, 9.17) is 0 Å². The van der Waals surface area contributed by atoms with Gasteiger partial charge in [0, 0.05) is 12.2 Å². The maximum atomic E-state index is 11.7. The average Bonchev–Trinajstić information content (AvgIpc) is 2.35. The quantitative estimate of drug-likeness (QED) is 0.487. The second-order valence-electron chi connectivity index (χ2n) is 4.01. The van der Waals surface area contributed by atoms with E-state index in [0.717, 1.165) is 0 Å². The standard InChI is InChI=1S/C13H14O5S/c1-8(14)6-9(7-19)12(16)18-13(17)10-4-2-3-5-11(10)15/h2-5,9,15,19H,6-7H2,1H3. The Morgan fingerprint density at radius 1 is 1.32 bits per heavy atom. The van der Waals surface area contributed by atoms with Crippen molar-refractivity contribution < 1.29 is 24.2 Å². The summed E-state index contributed by atoms with van der Waals surface area (Å²) < 4.78 is 4.63. The van der Waals surface area contributed by atoms with Crippen LogP contribution in [-0.4, -0.2) is 28.6 Å². The lowest BCUT2D eigenvalue weighted by molar-refractivity contribution is -0.143. The van der Waals surface area contributed by atoms with Gasteiger partial charge in [-0.05, 0) is 19.1 Å². The minimum absolute atomic E-state index is 0.0314. The molecule has 1 unspecified atom stereocenters. The largest absolute Gasteiger partial charge is 0.507 e. The van der Waals surface area contributed by atoms with Crippen LogP contribution in [0.5, 0.6) is 5.75 Å². The number of para-hydroxylation sites is 1. The Morgan fingerprint density at radius 3 is 2.47 bits per heavy atom. The first-order chi connectivity index (χ1) is 8.95. The van der Waals surface area contributed by atoms with Gasteiger partial charge >= 0.3 is 11.9 Å². The van der Waals surface area contributed by atoms with E-state index in [-0.39, 0.29) is 29.3 Å². The smallest absolute Gasteiger partial charge is 0.349 e. The van der Waals surface area contributed by atoms with Gasteiger partial charge in [-0.3, -0.25) is 4.79 Å². The first kappa shape index (κ1) is 15.2. The molecule has 0 bridgehead atoms. The van der Waals surface area contributed by atoms with Crippen molar-refractivity contribution in [3.8, 4) is 5.75 Å². The van der Waals surface area contributed by atoms with Crippen LogP contribution in [0.4, 0.5) is 0 Å². The van der Waals surface area contributed by atoms with E-state index in [1.165, 1.54) is 25.1 Å². The number of phenolic OH excluding ortho intramolecular Hbond substituents is 1. The first-order valence-electron chi connectivity index (χ1n) is 5.60. The van der Waals surface area contributed by atoms with Gasteiger partial charge in [-0.25, -0.2) is 4.79 Å². The van der Waals surface area contributed by atoms with Crippen molar-refractivity contribution in [3.05, 3.63) is 29.8 Å². The maximum Gasteiger partial charge on any atom is 0.349 e. The molecule has 0 fully saturated rings. The lowest BCUT2D eigenvalue weighted by Gasteiger charge is -2.11. The molecule has 0 saturated carbocycles. The van der Waals surface area contributed by atoms with Crippen molar-refractivity contribution in [1.82, 2.24) is 0 Å². The van der Waals surface area contributed by atoms with Crippen LogP contribution >= 0.6 is 12.6 Å². The van der Waals surface area contributed by atoms with Gasteiger partial charge in [-0.2, -0.15) is 12.6 Å². The fraction of sp³-hybridized carbons (Fsp3) is 0.308. The van der Waals surface area contributed by atoms with Gasteiger partial charge in [0.15, 0.2) is 0 Å². The van der Waals surface area contributed by atoms with Crippen LogP contribution in [0, 0.1) is 5.92 Å². The van der Waals surface area contributed by atoms with Crippen LogP contribution in [-0.2, 0) is 14.3 Å². The van der Waals surface area contributed by atoms with E-state index in [1.54, 1.807) is 6.07 Å². The number of thiol groups is 1. The van der Waals surface area contributed by atoms with Crippen molar-refractivity contribution in [3.63, 3.8) is 0 Å². The molecule has 0 amide bonds. The normalized spacial score (nSPS) is 11.7. The van der Waals surface area contributed by atoms with Gasteiger partial charge in [0.25, 0.3) is 0 Å². The molecule has 1 atom stereocenters. The third kappa shape index (κ3) is 4.40. The Hall–Kier alpha value is -1.82. The number of ether oxygens (including phenoxy) is 1. The maximum absolute atomic E-state index is 11.7. The molecule has 1 aromatic rings. The highest BCUT2D eigenvalue weighted by molar-refractivity contribution is 7.80. The number of Topliss-reactive ketones (excluding diaryl/α,β-unsaturated/α-hetero) is 1. The van der Waals surface area contributed by atoms with E-state index >= 15 is 0 Å². The minimum Gasteiger partial charge on any atom is -0.507 e. The molecular formula is C13H14O5S. The molecule has 0 spiro atoms. The zero-order chi connectivity index (χ0) is 14.4. The Labute approximate surface area is 116 Å². The number of carbonyl (C=O) groups is 3. The molecule has 0 aromatic heterocycles. The van der Waals surface area contributed by atoms with Gasteiger partial charge in [0.05, 0.1) is 5.92 Å². The number of carbonyl (C=O) groups excluding carboxylic acids is 3. The molecule has 0 heterocycles. The van der Waals surface area contributed by atoms with Gasteiger partial charge in [0.2, 0.25) is 0 Å². The van der Waals surface area contributed by atoms with E-state index in [0.29, 0.717) is 0 Å². The van der Waals surface area contributed by atoms with Crippen molar-refractivity contribution in [2.75, 3.05) is 5.75 Å². The predicted molar refractivity (Wildman–Crippen MR) is 71.2 cm³/mol. The Kier molecular flexibility index (Phi) is 5.57. The molecule has 1 N–H and O–H groups in total. The zero-order valence-corrected chi connectivity index (χ0v) is 11.2. The number of hydrogen-bond acceptors (Lipinski definition) is 6. The molecule has 102 valence electrons. The van der Waals surface area contributed by atoms with E-state index in [1.807, 2.05) is 0 Å². The Bertz CT molecular complexity index is 498. The summed E-state index contributed by atoms with van der Waals surface area (Å²) in [5, 5.41) is 9.45. The fourth-order valence-corrected chi connectivity index (χ4v) is 1.72. The monoisotopic (exact) mass is 282 g/mol. The first-order valence-corrected chi connectivity index (χ1v) is 6.23. The average molecular weight is 282 g/mol. The van der Waals surface area contributed by atoms with Crippen molar-refractivity contribution in [1.29, 1.82) is 0 Å². The molecule has 0 radical (unpaired) electrons. The van der Waals surface area contributed by atoms with Crippen LogP contribution in [0.1, 0.15) is 23.7 Å². The summed E-state index contributed by atoms with van der Waals surface area (Å²) in [6, 6.07) is 5.73. The number of aromatic hydroxyl groups is 1. The third-order valence-electron chi connectivity index (χ3n) is 2.40. The second-order valence-corrected chi connectivity index (χ2v) is 4.38. The van der Waals surface area contributed by atoms with Crippen LogP contribution in [0.2, 0.25) is 0 Å². The molecule has 6 heteroatoms. The van der Waals surface area contributed by atoms with E-state index in [2.05, 4.69) is 17.4 Å². The molecule has 1 rings (SSSR count). The minimum atomic E-state index is -0.946. The van der Waals surface area contributed by atoms with Crippen LogP contribution in [0.25, 0.3) is 0 Å². The summed E-state index contributed by atoms with van der Waals surface area (Å²) >= 11 is 3.95.